The smallest absolute Gasteiger partial charge is 0.0238 e. The molecule has 0 rings (SSSR count). The van der Waals surface area contributed by atoms with Gasteiger partial charge in [0.25, 0.3) is 0 Å². The average molecular weight is 280 g/mol. The molecular formula is C19H37N. The highest BCUT2D eigenvalue weighted by atomic mass is 15.1. The fourth-order valence-corrected chi connectivity index (χ4v) is 1.61. The lowest BCUT2D eigenvalue weighted by Gasteiger charge is -2.26. The molecule has 0 bridgehead atoms. The molecule has 0 aliphatic rings. The van der Waals surface area contributed by atoms with Crippen molar-refractivity contribution >= 4 is 0 Å². The zero-order valence-corrected chi connectivity index (χ0v) is 15.2. The highest BCUT2D eigenvalue weighted by molar-refractivity contribution is 5.35. The Morgan fingerprint density at radius 1 is 1.00 bits per heavy atom. The van der Waals surface area contributed by atoms with Gasteiger partial charge in [-0.2, -0.15) is 0 Å². The molecule has 0 unspecified atom stereocenters. The third kappa shape index (κ3) is 12.0. The zero-order chi connectivity index (χ0) is 16.6. The number of nitrogens with zero attached hydrogens (tertiary/aromatic N) is 1. The van der Waals surface area contributed by atoms with E-state index in [2.05, 4.69) is 51.8 Å². The van der Waals surface area contributed by atoms with E-state index in [0.29, 0.717) is 6.04 Å². The fourth-order valence-electron chi connectivity index (χ4n) is 1.61. The van der Waals surface area contributed by atoms with Gasteiger partial charge in [-0.1, -0.05) is 72.1 Å². The molecule has 20 heavy (non-hydrogen) atoms. The summed E-state index contributed by atoms with van der Waals surface area (Å²) in [6.45, 7) is 26.3. The van der Waals surface area contributed by atoms with Crippen molar-refractivity contribution in [2.24, 2.45) is 0 Å². The standard InChI is InChI=1S/C15H25N.2C2H6/c1-7-10-14(6)15(11-8-2)12-16(9-3)13(4)5;2*1-2/h7-8,10-11,13H,1-2,9,12H2,3-6H3;2*1-2H3/b14-10-,15-11-;;. The Labute approximate surface area is 128 Å². The van der Waals surface area contributed by atoms with E-state index in [-0.39, 0.29) is 0 Å². The molecule has 0 saturated carbocycles. The highest BCUT2D eigenvalue weighted by Gasteiger charge is 2.09. The SMILES string of the molecule is C=C/C=C(C)\C(=C/C=C)CN(CC)C(C)C.CC.CC. The minimum absolute atomic E-state index is 0.565. The Kier molecular flexibility index (Phi) is 21.5. The lowest BCUT2D eigenvalue weighted by molar-refractivity contribution is 0.255. The minimum atomic E-state index is 0.565. The second-order valence-electron chi connectivity index (χ2n) is 4.17. The van der Waals surface area contributed by atoms with Gasteiger partial charge in [0.1, 0.15) is 0 Å². The van der Waals surface area contributed by atoms with Crippen molar-refractivity contribution in [1.29, 1.82) is 0 Å². The van der Waals surface area contributed by atoms with E-state index in [0.717, 1.165) is 13.1 Å². The Morgan fingerprint density at radius 3 is 1.75 bits per heavy atom. The molecule has 118 valence electrons. The van der Waals surface area contributed by atoms with Gasteiger partial charge in [-0.3, -0.25) is 4.90 Å². The van der Waals surface area contributed by atoms with Crippen LogP contribution in [-0.4, -0.2) is 24.0 Å². The monoisotopic (exact) mass is 279 g/mol. The molecular weight excluding hydrogens is 242 g/mol. The van der Waals surface area contributed by atoms with Crippen LogP contribution >= 0.6 is 0 Å². The molecule has 0 fully saturated rings. The second-order valence-corrected chi connectivity index (χ2v) is 4.17. The van der Waals surface area contributed by atoms with Crippen molar-refractivity contribution in [1.82, 2.24) is 4.90 Å². The van der Waals surface area contributed by atoms with E-state index in [9.17, 15) is 0 Å². The van der Waals surface area contributed by atoms with Crippen LogP contribution in [-0.2, 0) is 0 Å². The van der Waals surface area contributed by atoms with Crippen LogP contribution in [0.15, 0.2) is 48.6 Å². The average Bonchev–Trinajstić information content (AvgIpc) is 2.47. The first kappa shape index (κ1) is 24.0. The lowest BCUT2D eigenvalue weighted by Crippen LogP contribution is -2.32. The quantitative estimate of drug-likeness (QED) is 0.515. The number of likely N-dealkylation sites (N-methyl/N-ethyl adjacent to an activating group) is 1. The third-order valence-electron chi connectivity index (χ3n) is 2.70. The van der Waals surface area contributed by atoms with Crippen molar-refractivity contribution in [3.8, 4) is 0 Å². The predicted octanol–water partition coefficient (Wildman–Crippen LogP) is 6.01. The Hall–Kier alpha value is -1.08. The Bertz CT molecular complexity index is 282. The molecule has 0 N–H and O–H groups in total. The third-order valence-corrected chi connectivity index (χ3v) is 2.70. The number of hydrogen-bond acceptors (Lipinski definition) is 1. The molecule has 0 spiro atoms. The fraction of sp³-hybridized carbons (Fsp3) is 0.579. The van der Waals surface area contributed by atoms with E-state index in [1.807, 2.05) is 45.9 Å². The summed E-state index contributed by atoms with van der Waals surface area (Å²) >= 11 is 0. The summed E-state index contributed by atoms with van der Waals surface area (Å²) in [5, 5.41) is 0. The van der Waals surface area contributed by atoms with Crippen molar-refractivity contribution in [2.75, 3.05) is 13.1 Å². The Morgan fingerprint density at radius 2 is 1.45 bits per heavy atom. The molecule has 0 aliphatic carbocycles. The molecule has 0 aromatic heterocycles. The van der Waals surface area contributed by atoms with Gasteiger partial charge >= 0.3 is 0 Å². The predicted molar refractivity (Wildman–Crippen MR) is 97.3 cm³/mol. The summed E-state index contributed by atoms with van der Waals surface area (Å²) in [5.74, 6) is 0. The highest BCUT2D eigenvalue weighted by Crippen LogP contribution is 2.13. The van der Waals surface area contributed by atoms with Gasteiger partial charge in [0.15, 0.2) is 0 Å². The van der Waals surface area contributed by atoms with Crippen molar-refractivity contribution in [3.63, 3.8) is 0 Å². The van der Waals surface area contributed by atoms with Crippen LogP contribution in [0.1, 0.15) is 55.4 Å². The van der Waals surface area contributed by atoms with Crippen LogP contribution in [0.5, 0.6) is 0 Å². The maximum atomic E-state index is 3.77. The van der Waals surface area contributed by atoms with Gasteiger partial charge in [0.05, 0.1) is 0 Å². The number of allylic oxidation sites excluding steroid dienone is 4. The lowest BCUT2D eigenvalue weighted by atomic mass is 10.1. The Balaban J connectivity index is -0.000000656. The summed E-state index contributed by atoms with van der Waals surface area (Å²) in [7, 11) is 0. The molecule has 0 heterocycles. The topological polar surface area (TPSA) is 3.24 Å². The summed E-state index contributed by atoms with van der Waals surface area (Å²) in [6, 6.07) is 0.565. The van der Waals surface area contributed by atoms with E-state index in [1.54, 1.807) is 0 Å². The summed E-state index contributed by atoms with van der Waals surface area (Å²) in [5.41, 5.74) is 2.57. The van der Waals surface area contributed by atoms with Gasteiger partial charge < -0.3 is 0 Å². The van der Waals surface area contributed by atoms with Crippen molar-refractivity contribution < 1.29 is 0 Å². The first-order valence-electron chi connectivity index (χ1n) is 7.92. The van der Waals surface area contributed by atoms with Crippen LogP contribution in [0.25, 0.3) is 0 Å². The van der Waals surface area contributed by atoms with E-state index < -0.39 is 0 Å². The molecule has 0 atom stereocenters. The molecule has 1 nitrogen and oxygen atoms in total. The van der Waals surface area contributed by atoms with Crippen LogP contribution in [0.2, 0.25) is 0 Å². The number of rotatable bonds is 7. The largest absolute Gasteiger partial charge is 0.297 e. The van der Waals surface area contributed by atoms with E-state index in [1.165, 1.54) is 11.1 Å². The molecule has 0 radical (unpaired) electrons. The molecule has 0 saturated heterocycles. The van der Waals surface area contributed by atoms with E-state index in [4.69, 9.17) is 0 Å². The van der Waals surface area contributed by atoms with Gasteiger partial charge in [0.2, 0.25) is 0 Å². The van der Waals surface area contributed by atoms with Crippen LogP contribution in [0.3, 0.4) is 0 Å². The zero-order valence-electron chi connectivity index (χ0n) is 15.2. The van der Waals surface area contributed by atoms with Gasteiger partial charge in [-0.05, 0) is 38.5 Å². The maximum Gasteiger partial charge on any atom is 0.0238 e. The van der Waals surface area contributed by atoms with Crippen LogP contribution in [0.4, 0.5) is 0 Å². The molecule has 0 aromatic rings. The van der Waals surface area contributed by atoms with E-state index >= 15 is 0 Å². The van der Waals surface area contributed by atoms with Crippen LogP contribution in [0, 0.1) is 0 Å². The second kappa shape index (κ2) is 17.9. The summed E-state index contributed by atoms with van der Waals surface area (Å²) in [6.07, 6.45) is 7.81. The molecule has 0 aromatic carbocycles. The van der Waals surface area contributed by atoms with Gasteiger partial charge in [0, 0.05) is 12.6 Å². The molecule has 0 aliphatic heterocycles. The van der Waals surface area contributed by atoms with Crippen molar-refractivity contribution in [3.05, 3.63) is 48.6 Å². The van der Waals surface area contributed by atoms with Gasteiger partial charge in [-0.25, -0.2) is 0 Å². The normalized spacial score (nSPS) is 11.3. The first-order chi connectivity index (χ1) is 9.56. The first-order valence-corrected chi connectivity index (χ1v) is 7.92. The van der Waals surface area contributed by atoms with Crippen LogP contribution < -0.4 is 0 Å². The molecule has 0 amide bonds. The number of hydrogen-bond donors (Lipinski definition) is 0. The molecule has 1 heteroatoms. The van der Waals surface area contributed by atoms with Crippen molar-refractivity contribution in [2.45, 2.75) is 61.4 Å². The summed E-state index contributed by atoms with van der Waals surface area (Å²) < 4.78 is 0. The summed E-state index contributed by atoms with van der Waals surface area (Å²) in [4.78, 5) is 2.43. The van der Waals surface area contributed by atoms with Gasteiger partial charge in [-0.15, -0.1) is 0 Å². The maximum absolute atomic E-state index is 3.77. The minimum Gasteiger partial charge on any atom is -0.297 e.